The summed E-state index contributed by atoms with van der Waals surface area (Å²) in [6.07, 6.45) is 0. The highest BCUT2D eigenvalue weighted by Gasteiger charge is 2.17. The maximum absolute atomic E-state index is 10.4. The van der Waals surface area contributed by atoms with Crippen LogP contribution < -0.4 is 9.47 Å². The van der Waals surface area contributed by atoms with E-state index < -0.39 is 0 Å². The van der Waals surface area contributed by atoms with E-state index in [-0.39, 0.29) is 5.75 Å². The molecule has 0 fully saturated rings. The smallest absolute Gasteiger partial charge is 0.211 e. The first kappa shape index (κ1) is 18.8. The van der Waals surface area contributed by atoms with E-state index in [1.165, 1.54) is 11.1 Å². The Kier molecular flexibility index (Phi) is 5.13. The van der Waals surface area contributed by atoms with Crippen LogP contribution in [0, 0.1) is 41.5 Å². The van der Waals surface area contributed by atoms with Gasteiger partial charge in [-0.2, -0.15) is 0 Å². The minimum Gasteiger partial charge on any atom is -0.504 e. The molecule has 0 spiro atoms. The molecule has 0 heterocycles. The molecule has 1 N–H and O–H groups in total. The summed E-state index contributed by atoms with van der Waals surface area (Å²) in [4.78, 5) is 0. The highest BCUT2D eigenvalue weighted by molar-refractivity contribution is 5.57. The molecule has 0 amide bonds. The second-order valence-electron chi connectivity index (χ2n) is 7.26. The molecule has 0 unspecified atom stereocenters. The Morgan fingerprint density at radius 3 is 1.52 bits per heavy atom. The number of benzene rings is 3. The molecule has 0 aromatic heterocycles. The average Bonchev–Trinajstić information content (AvgIpc) is 2.55. The predicted molar refractivity (Wildman–Crippen MR) is 110 cm³/mol. The van der Waals surface area contributed by atoms with Gasteiger partial charge in [0.05, 0.1) is 0 Å². The summed E-state index contributed by atoms with van der Waals surface area (Å²) in [5, 5.41) is 10.4. The summed E-state index contributed by atoms with van der Waals surface area (Å²) in [7, 11) is 0. The molecule has 3 heteroatoms. The van der Waals surface area contributed by atoms with Crippen molar-refractivity contribution in [1.82, 2.24) is 0 Å². The number of hydrogen-bond acceptors (Lipinski definition) is 3. The Morgan fingerprint density at radius 1 is 0.593 bits per heavy atom. The Hall–Kier alpha value is -2.94. The van der Waals surface area contributed by atoms with Crippen LogP contribution in [0.15, 0.2) is 42.5 Å². The average molecular weight is 362 g/mol. The van der Waals surface area contributed by atoms with Crippen molar-refractivity contribution in [1.29, 1.82) is 0 Å². The number of hydrogen-bond donors (Lipinski definition) is 1. The van der Waals surface area contributed by atoms with Crippen LogP contribution in [0.25, 0.3) is 0 Å². The van der Waals surface area contributed by atoms with Gasteiger partial charge in [-0.15, -0.1) is 0 Å². The molecule has 0 radical (unpaired) electrons. The second kappa shape index (κ2) is 7.36. The molecule has 0 aliphatic carbocycles. The van der Waals surface area contributed by atoms with Crippen LogP contribution >= 0.6 is 0 Å². The van der Waals surface area contributed by atoms with Crippen molar-refractivity contribution in [2.45, 2.75) is 41.5 Å². The van der Waals surface area contributed by atoms with Crippen LogP contribution in [0.4, 0.5) is 0 Å². The van der Waals surface area contributed by atoms with Gasteiger partial charge in [0.25, 0.3) is 0 Å². The molecule has 3 aromatic carbocycles. The van der Waals surface area contributed by atoms with Gasteiger partial charge in [-0.25, -0.2) is 0 Å². The van der Waals surface area contributed by atoms with Gasteiger partial charge < -0.3 is 14.6 Å². The van der Waals surface area contributed by atoms with Crippen molar-refractivity contribution in [3.63, 3.8) is 0 Å². The van der Waals surface area contributed by atoms with Crippen LogP contribution in [-0.2, 0) is 0 Å². The molecule has 0 saturated heterocycles. The number of aromatic hydroxyl groups is 1. The largest absolute Gasteiger partial charge is 0.504 e. The van der Waals surface area contributed by atoms with E-state index in [9.17, 15) is 5.11 Å². The van der Waals surface area contributed by atoms with Gasteiger partial charge in [-0.1, -0.05) is 41.5 Å². The maximum Gasteiger partial charge on any atom is 0.211 e. The summed E-state index contributed by atoms with van der Waals surface area (Å²) < 4.78 is 12.4. The number of aryl methyl sites for hydroxylation is 6. The molecule has 3 nitrogen and oxygen atoms in total. The van der Waals surface area contributed by atoms with Gasteiger partial charge in [0, 0.05) is 0 Å². The molecule has 0 aliphatic heterocycles. The van der Waals surface area contributed by atoms with E-state index in [2.05, 4.69) is 38.1 Å². The van der Waals surface area contributed by atoms with Crippen molar-refractivity contribution in [3.05, 3.63) is 75.8 Å². The van der Waals surface area contributed by atoms with Gasteiger partial charge in [0.15, 0.2) is 11.5 Å². The molecular formula is C24H26O3. The lowest BCUT2D eigenvalue weighted by molar-refractivity contribution is 0.377. The SMILES string of the molecule is Cc1cc(C)c(Oc2cccc(O)c2Oc2c(C)cc(C)cc2C)c(C)c1. The predicted octanol–water partition coefficient (Wildman–Crippen LogP) is 6.83. The van der Waals surface area contributed by atoms with Crippen LogP contribution in [-0.4, -0.2) is 5.11 Å². The minimum atomic E-state index is 0.0503. The van der Waals surface area contributed by atoms with E-state index in [0.29, 0.717) is 11.5 Å². The third-order valence-corrected chi connectivity index (χ3v) is 4.58. The minimum absolute atomic E-state index is 0.0503. The number of ether oxygens (including phenoxy) is 2. The highest BCUT2D eigenvalue weighted by Crippen LogP contribution is 2.44. The Balaban J connectivity index is 2.04. The Bertz CT molecular complexity index is 956. The van der Waals surface area contributed by atoms with Crippen molar-refractivity contribution < 1.29 is 14.6 Å². The molecule has 0 atom stereocenters. The summed E-state index contributed by atoms with van der Waals surface area (Å²) in [5.74, 6) is 2.39. The van der Waals surface area contributed by atoms with E-state index in [0.717, 1.165) is 33.8 Å². The fraction of sp³-hybridized carbons (Fsp3) is 0.250. The van der Waals surface area contributed by atoms with Crippen LogP contribution in [0.5, 0.6) is 28.7 Å². The number of rotatable bonds is 4. The zero-order valence-electron chi connectivity index (χ0n) is 16.8. The lowest BCUT2D eigenvalue weighted by Gasteiger charge is -2.18. The van der Waals surface area contributed by atoms with Crippen LogP contribution in [0.1, 0.15) is 33.4 Å². The van der Waals surface area contributed by atoms with Gasteiger partial charge >= 0.3 is 0 Å². The molecule has 140 valence electrons. The van der Waals surface area contributed by atoms with E-state index in [1.54, 1.807) is 12.1 Å². The van der Waals surface area contributed by atoms with Crippen LogP contribution in [0.3, 0.4) is 0 Å². The lowest BCUT2D eigenvalue weighted by atomic mass is 10.1. The molecular weight excluding hydrogens is 336 g/mol. The summed E-state index contributed by atoms with van der Waals surface area (Å²) >= 11 is 0. The third kappa shape index (κ3) is 3.92. The van der Waals surface area contributed by atoms with Crippen molar-refractivity contribution in [2.24, 2.45) is 0 Å². The fourth-order valence-corrected chi connectivity index (χ4v) is 3.55. The molecule has 27 heavy (non-hydrogen) atoms. The number of phenols is 1. The van der Waals surface area contributed by atoms with Crippen molar-refractivity contribution >= 4 is 0 Å². The first-order chi connectivity index (χ1) is 12.8. The fourth-order valence-electron chi connectivity index (χ4n) is 3.55. The standard InChI is InChI=1S/C24H26O3/c1-14-10-16(3)22(17(4)11-14)26-21-9-7-8-20(25)24(21)27-23-18(5)12-15(2)13-19(23)6/h7-13,25H,1-6H3. The maximum atomic E-state index is 10.4. The van der Waals surface area contributed by atoms with Gasteiger partial charge in [0.2, 0.25) is 5.75 Å². The summed E-state index contributed by atoms with van der Waals surface area (Å²) in [6, 6.07) is 13.5. The Morgan fingerprint density at radius 2 is 1.04 bits per heavy atom. The first-order valence-corrected chi connectivity index (χ1v) is 9.09. The molecule has 3 aromatic rings. The van der Waals surface area contributed by atoms with Crippen LogP contribution in [0.2, 0.25) is 0 Å². The van der Waals surface area contributed by atoms with E-state index in [4.69, 9.17) is 9.47 Å². The van der Waals surface area contributed by atoms with E-state index in [1.807, 2.05) is 33.8 Å². The Labute approximate surface area is 161 Å². The van der Waals surface area contributed by atoms with Crippen molar-refractivity contribution in [3.8, 4) is 28.7 Å². The molecule has 0 aliphatic rings. The highest BCUT2D eigenvalue weighted by atomic mass is 16.5. The molecule has 0 bridgehead atoms. The number of phenolic OH excluding ortho intramolecular Hbond substituents is 1. The lowest BCUT2D eigenvalue weighted by Crippen LogP contribution is -1.97. The quantitative estimate of drug-likeness (QED) is 0.553. The second-order valence-corrected chi connectivity index (χ2v) is 7.26. The van der Waals surface area contributed by atoms with E-state index >= 15 is 0 Å². The zero-order valence-corrected chi connectivity index (χ0v) is 16.8. The molecule has 3 rings (SSSR count). The van der Waals surface area contributed by atoms with Gasteiger partial charge in [0.1, 0.15) is 11.5 Å². The summed E-state index contributed by atoms with van der Waals surface area (Å²) in [5.41, 5.74) is 6.50. The number of para-hydroxylation sites is 1. The summed E-state index contributed by atoms with van der Waals surface area (Å²) in [6.45, 7) is 12.2. The van der Waals surface area contributed by atoms with Gasteiger partial charge in [-0.05, 0) is 75.9 Å². The van der Waals surface area contributed by atoms with Gasteiger partial charge in [-0.3, -0.25) is 0 Å². The monoisotopic (exact) mass is 362 g/mol. The normalized spacial score (nSPS) is 10.7. The van der Waals surface area contributed by atoms with Crippen molar-refractivity contribution in [2.75, 3.05) is 0 Å². The first-order valence-electron chi connectivity index (χ1n) is 9.09. The third-order valence-electron chi connectivity index (χ3n) is 4.58. The topological polar surface area (TPSA) is 38.7 Å². The molecule has 0 saturated carbocycles. The zero-order chi connectivity index (χ0) is 19.7.